The quantitative estimate of drug-likeness (QED) is 0.834. The number of hydrogen-bond acceptors (Lipinski definition) is 4. The molecule has 1 aromatic rings. The van der Waals surface area contributed by atoms with E-state index in [0.717, 1.165) is 22.6 Å². The lowest BCUT2D eigenvalue weighted by Gasteiger charge is -2.09. The lowest BCUT2D eigenvalue weighted by molar-refractivity contribution is -0.120. The number of rotatable bonds is 5. The molecule has 19 heavy (non-hydrogen) atoms. The molecule has 1 aliphatic heterocycles. The summed E-state index contributed by atoms with van der Waals surface area (Å²) in [6, 6.07) is 4.44. The number of carbonyl (C=O) groups excluding carboxylic acids is 1. The average Bonchev–Trinajstić information content (AvgIpc) is 3.12. The summed E-state index contributed by atoms with van der Waals surface area (Å²) in [7, 11) is 0. The third-order valence-corrected chi connectivity index (χ3v) is 3.44. The van der Waals surface area contributed by atoms with Crippen LogP contribution in [0, 0.1) is 6.92 Å². The van der Waals surface area contributed by atoms with Crippen LogP contribution in [0.25, 0.3) is 0 Å². The fraction of sp³-hybridized carbons (Fsp3) is 0.500. The van der Waals surface area contributed by atoms with Crippen LogP contribution in [0.1, 0.15) is 24.0 Å². The molecule has 5 heteroatoms. The summed E-state index contributed by atoms with van der Waals surface area (Å²) in [4.78, 5) is 11.7. The van der Waals surface area contributed by atoms with E-state index in [2.05, 4.69) is 10.6 Å². The number of fused-ring (bicyclic) bond motifs is 1. The second-order valence-electron chi connectivity index (χ2n) is 5.06. The van der Waals surface area contributed by atoms with Gasteiger partial charge in [-0.15, -0.1) is 0 Å². The first kappa shape index (κ1) is 12.3. The van der Waals surface area contributed by atoms with E-state index in [1.165, 1.54) is 12.8 Å². The van der Waals surface area contributed by atoms with E-state index in [0.29, 0.717) is 19.1 Å². The lowest BCUT2D eigenvalue weighted by Crippen LogP contribution is -2.34. The van der Waals surface area contributed by atoms with Crippen molar-refractivity contribution in [1.82, 2.24) is 10.6 Å². The molecule has 102 valence electrons. The van der Waals surface area contributed by atoms with Gasteiger partial charge < -0.3 is 20.1 Å². The van der Waals surface area contributed by atoms with Gasteiger partial charge in [0.2, 0.25) is 12.7 Å². The van der Waals surface area contributed by atoms with Crippen molar-refractivity contribution in [2.45, 2.75) is 32.4 Å². The van der Waals surface area contributed by atoms with Crippen LogP contribution in [0.15, 0.2) is 12.1 Å². The Labute approximate surface area is 112 Å². The van der Waals surface area contributed by atoms with Gasteiger partial charge in [0, 0.05) is 12.6 Å². The number of aryl methyl sites for hydroxylation is 1. The van der Waals surface area contributed by atoms with E-state index in [4.69, 9.17) is 9.47 Å². The Bertz CT molecular complexity index is 498. The number of benzene rings is 1. The van der Waals surface area contributed by atoms with E-state index in [9.17, 15) is 4.79 Å². The molecule has 3 rings (SSSR count). The third kappa shape index (κ3) is 2.98. The van der Waals surface area contributed by atoms with Crippen LogP contribution in [0.5, 0.6) is 11.5 Å². The van der Waals surface area contributed by atoms with E-state index < -0.39 is 0 Å². The molecule has 1 amide bonds. The topological polar surface area (TPSA) is 59.6 Å². The second-order valence-corrected chi connectivity index (χ2v) is 5.06. The second kappa shape index (κ2) is 5.09. The predicted molar refractivity (Wildman–Crippen MR) is 70.2 cm³/mol. The molecule has 0 bridgehead atoms. The van der Waals surface area contributed by atoms with Crippen LogP contribution < -0.4 is 20.1 Å². The number of carbonyl (C=O) groups is 1. The van der Waals surface area contributed by atoms with E-state index in [-0.39, 0.29) is 12.7 Å². The van der Waals surface area contributed by atoms with E-state index in [1.807, 2.05) is 19.1 Å². The molecule has 1 aliphatic carbocycles. The number of nitrogens with one attached hydrogen (secondary N) is 2. The molecule has 0 radical (unpaired) electrons. The summed E-state index contributed by atoms with van der Waals surface area (Å²) in [5.41, 5.74) is 2.16. The van der Waals surface area contributed by atoms with E-state index in [1.54, 1.807) is 0 Å². The number of hydrogen-bond donors (Lipinski definition) is 2. The first-order chi connectivity index (χ1) is 9.22. The van der Waals surface area contributed by atoms with Crippen molar-refractivity contribution in [3.05, 3.63) is 23.3 Å². The molecule has 1 fully saturated rings. The molecule has 1 heterocycles. The van der Waals surface area contributed by atoms with Crippen molar-refractivity contribution in [3.63, 3.8) is 0 Å². The maximum absolute atomic E-state index is 11.7. The van der Waals surface area contributed by atoms with Crippen molar-refractivity contribution in [3.8, 4) is 11.5 Å². The molecule has 2 N–H and O–H groups in total. The number of ether oxygens (including phenoxy) is 2. The maximum Gasteiger partial charge on any atom is 0.234 e. The van der Waals surface area contributed by atoms with Gasteiger partial charge in [0.1, 0.15) is 0 Å². The molecule has 0 aromatic heterocycles. The smallest absolute Gasteiger partial charge is 0.234 e. The summed E-state index contributed by atoms with van der Waals surface area (Å²) in [5.74, 6) is 1.57. The van der Waals surface area contributed by atoms with Crippen molar-refractivity contribution in [2.24, 2.45) is 0 Å². The zero-order valence-corrected chi connectivity index (χ0v) is 11.0. The van der Waals surface area contributed by atoms with Gasteiger partial charge in [-0.05, 0) is 43.0 Å². The van der Waals surface area contributed by atoms with Gasteiger partial charge in [-0.3, -0.25) is 4.79 Å². The van der Waals surface area contributed by atoms with Crippen LogP contribution in [-0.4, -0.2) is 25.3 Å². The van der Waals surface area contributed by atoms with Gasteiger partial charge >= 0.3 is 0 Å². The van der Waals surface area contributed by atoms with Crippen molar-refractivity contribution < 1.29 is 14.3 Å². The average molecular weight is 262 g/mol. The van der Waals surface area contributed by atoms with Crippen molar-refractivity contribution in [2.75, 3.05) is 13.3 Å². The minimum Gasteiger partial charge on any atom is -0.454 e. The standard InChI is InChI=1S/C14H18N2O3/c1-9-4-12-13(19-8-18-12)5-10(9)6-16-14(17)7-15-11-2-3-11/h4-5,11,15H,2-3,6-8H2,1H3,(H,16,17). The molecule has 5 nitrogen and oxygen atoms in total. The SMILES string of the molecule is Cc1cc2c(cc1CNC(=O)CNC1CC1)OCO2. The molecule has 0 atom stereocenters. The van der Waals surface area contributed by atoms with Gasteiger partial charge in [0.25, 0.3) is 0 Å². The van der Waals surface area contributed by atoms with Crippen molar-refractivity contribution >= 4 is 5.91 Å². The Morgan fingerprint density at radius 3 is 2.79 bits per heavy atom. The van der Waals surface area contributed by atoms with Gasteiger partial charge in [-0.25, -0.2) is 0 Å². The molecule has 2 aliphatic rings. The highest BCUT2D eigenvalue weighted by molar-refractivity contribution is 5.78. The summed E-state index contributed by atoms with van der Waals surface area (Å²) >= 11 is 0. The van der Waals surface area contributed by atoms with Crippen molar-refractivity contribution in [1.29, 1.82) is 0 Å². The lowest BCUT2D eigenvalue weighted by atomic mass is 10.1. The summed E-state index contributed by atoms with van der Waals surface area (Å²) in [5, 5.41) is 6.11. The molecular weight excluding hydrogens is 244 g/mol. The summed E-state index contributed by atoms with van der Waals surface area (Å²) < 4.78 is 10.7. The Kier molecular flexibility index (Phi) is 3.29. The maximum atomic E-state index is 11.7. The molecule has 0 saturated heterocycles. The minimum atomic E-state index is 0.0315. The zero-order chi connectivity index (χ0) is 13.2. The monoisotopic (exact) mass is 262 g/mol. The Balaban J connectivity index is 1.55. The number of amides is 1. The largest absolute Gasteiger partial charge is 0.454 e. The van der Waals surface area contributed by atoms with E-state index >= 15 is 0 Å². The molecule has 0 spiro atoms. The minimum absolute atomic E-state index is 0.0315. The highest BCUT2D eigenvalue weighted by Crippen LogP contribution is 2.34. The predicted octanol–water partition coefficient (Wildman–Crippen LogP) is 1.09. The Hall–Kier alpha value is -1.75. The van der Waals surface area contributed by atoms with Crippen LogP contribution in [0.3, 0.4) is 0 Å². The Morgan fingerprint density at radius 2 is 2.05 bits per heavy atom. The third-order valence-electron chi connectivity index (χ3n) is 3.44. The fourth-order valence-corrected chi connectivity index (χ4v) is 2.06. The highest BCUT2D eigenvalue weighted by Gasteiger charge is 2.21. The molecule has 1 aromatic carbocycles. The summed E-state index contributed by atoms with van der Waals surface area (Å²) in [6.45, 7) is 3.20. The van der Waals surface area contributed by atoms with Gasteiger partial charge in [-0.2, -0.15) is 0 Å². The van der Waals surface area contributed by atoms with Crippen LogP contribution in [-0.2, 0) is 11.3 Å². The molecule has 1 saturated carbocycles. The zero-order valence-electron chi connectivity index (χ0n) is 11.0. The van der Waals surface area contributed by atoms with Gasteiger partial charge in [-0.1, -0.05) is 0 Å². The van der Waals surface area contributed by atoms with Gasteiger partial charge in [0.05, 0.1) is 6.54 Å². The van der Waals surface area contributed by atoms with Gasteiger partial charge in [0.15, 0.2) is 11.5 Å². The first-order valence-electron chi connectivity index (χ1n) is 6.61. The molecular formula is C14H18N2O3. The fourth-order valence-electron chi connectivity index (χ4n) is 2.06. The molecule has 0 unspecified atom stereocenters. The van der Waals surface area contributed by atoms with Crippen LogP contribution >= 0.6 is 0 Å². The Morgan fingerprint density at radius 1 is 1.32 bits per heavy atom. The highest BCUT2D eigenvalue weighted by atomic mass is 16.7. The normalized spacial score (nSPS) is 16.5. The summed E-state index contributed by atoms with van der Waals surface area (Å²) in [6.07, 6.45) is 2.38. The van der Waals surface area contributed by atoms with Crippen LogP contribution in [0.4, 0.5) is 0 Å². The first-order valence-corrected chi connectivity index (χ1v) is 6.61. The van der Waals surface area contributed by atoms with Crippen LogP contribution in [0.2, 0.25) is 0 Å².